The highest BCUT2D eigenvalue weighted by atomic mass is 16.3. The van der Waals surface area contributed by atoms with Crippen molar-refractivity contribution in [2.45, 2.75) is 45.1 Å². The summed E-state index contributed by atoms with van der Waals surface area (Å²) >= 11 is 0. The number of aromatic nitrogens is 1. The lowest BCUT2D eigenvalue weighted by Crippen LogP contribution is -2.34. The number of hydrogen-bond acceptors (Lipinski definition) is 3. The highest BCUT2D eigenvalue weighted by molar-refractivity contribution is 5.76. The predicted molar refractivity (Wildman–Crippen MR) is 72.7 cm³/mol. The number of benzene rings is 1. The number of piperidine rings is 1. The van der Waals surface area contributed by atoms with Crippen LogP contribution in [0.5, 0.6) is 0 Å². The topological polar surface area (TPSA) is 38.1 Å². The van der Waals surface area contributed by atoms with Crippen LogP contribution in [-0.2, 0) is 6.42 Å². The first-order valence-electron chi connectivity index (χ1n) is 6.91. The van der Waals surface area contributed by atoms with Crippen LogP contribution in [0, 0.1) is 6.92 Å². The molecule has 1 unspecified atom stereocenters. The van der Waals surface area contributed by atoms with E-state index < -0.39 is 0 Å². The zero-order valence-electron chi connectivity index (χ0n) is 10.9. The Labute approximate surface area is 108 Å². The van der Waals surface area contributed by atoms with Gasteiger partial charge < -0.3 is 9.73 Å². The Morgan fingerprint density at radius 1 is 1.39 bits per heavy atom. The molecule has 18 heavy (non-hydrogen) atoms. The molecule has 1 aliphatic rings. The van der Waals surface area contributed by atoms with Crippen molar-refractivity contribution in [2.24, 2.45) is 0 Å². The first-order chi connectivity index (χ1) is 8.83. The molecular formula is C15H20N2O. The molecule has 3 heteroatoms. The number of aryl methyl sites for hydroxylation is 2. The number of rotatable bonds is 3. The van der Waals surface area contributed by atoms with E-state index in [4.69, 9.17) is 4.42 Å². The third-order valence-electron chi connectivity index (χ3n) is 3.78. The first kappa shape index (κ1) is 11.7. The minimum Gasteiger partial charge on any atom is -0.441 e. The molecule has 0 aliphatic carbocycles. The molecule has 1 atom stereocenters. The molecule has 1 aliphatic heterocycles. The standard InChI is InChI=1S/C15H20N2O/c1-11-5-4-7-13-15(11)17-14(18-13)9-8-12-6-2-3-10-16-12/h4-5,7,12,16H,2-3,6,8-10H2,1H3. The van der Waals surface area contributed by atoms with Crippen molar-refractivity contribution in [3.05, 3.63) is 29.7 Å². The second-order valence-electron chi connectivity index (χ2n) is 5.21. The van der Waals surface area contributed by atoms with Crippen LogP contribution in [0.1, 0.15) is 37.1 Å². The SMILES string of the molecule is Cc1cccc2oc(CCC3CCCCN3)nc12. The summed E-state index contributed by atoms with van der Waals surface area (Å²) in [6, 6.07) is 6.75. The van der Waals surface area contributed by atoms with Crippen LogP contribution in [0.2, 0.25) is 0 Å². The van der Waals surface area contributed by atoms with E-state index in [0.717, 1.165) is 36.4 Å². The lowest BCUT2D eigenvalue weighted by molar-refractivity contribution is 0.371. The molecule has 1 aromatic carbocycles. The third kappa shape index (κ3) is 2.41. The van der Waals surface area contributed by atoms with Gasteiger partial charge in [-0.1, -0.05) is 18.6 Å². The van der Waals surface area contributed by atoms with Crippen molar-refractivity contribution in [3.8, 4) is 0 Å². The summed E-state index contributed by atoms with van der Waals surface area (Å²) in [4.78, 5) is 4.60. The molecule has 1 fully saturated rings. The van der Waals surface area contributed by atoms with E-state index in [-0.39, 0.29) is 0 Å². The van der Waals surface area contributed by atoms with Gasteiger partial charge in [0.1, 0.15) is 5.52 Å². The van der Waals surface area contributed by atoms with Crippen molar-refractivity contribution in [2.75, 3.05) is 6.54 Å². The summed E-state index contributed by atoms with van der Waals surface area (Å²) in [6.07, 6.45) is 6.03. The van der Waals surface area contributed by atoms with Crippen molar-refractivity contribution in [1.82, 2.24) is 10.3 Å². The van der Waals surface area contributed by atoms with E-state index in [0.29, 0.717) is 6.04 Å². The molecule has 1 aromatic heterocycles. The van der Waals surface area contributed by atoms with Gasteiger partial charge in [0.05, 0.1) is 0 Å². The molecule has 0 bridgehead atoms. The molecule has 3 rings (SSSR count). The van der Waals surface area contributed by atoms with Crippen molar-refractivity contribution in [1.29, 1.82) is 0 Å². The Morgan fingerprint density at radius 3 is 3.11 bits per heavy atom. The number of para-hydroxylation sites is 1. The summed E-state index contributed by atoms with van der Waals surface area (Å²) in [6.45, 7) is 3.24. The fourth-order valence-electron chi connectivity index (χ4n) is 2.71. The fraction of sp³-hybridized carbons (Fsp3) is 0.533. The Hall–Kier alpha value is -1.35. The van der Waals surface area contributed by atoms with Crippen LogP contribution in [0.4, 0.5) is 0 Å². The zero-order chi connectivity index (χ0) is 12.4. The molecule has 3 nitrogen and oxygen atoms in total. The van der Waals surface area contributed by atoms with Gasteiger partial charge in [-0.2, -0.15) is 0 Å². The second-order valence-corrected chi connectivity index (χ2v) is 5.21. The molecule has 0 amide bonds. The number of oxazole rings is 1. The van der Waals surface area contributed by atoms with Crippen molar-refractivity contribution >= 4 is 11.1 Å². The zero-order valence-corrected chi connectivity index (χ0v) is 10.9. The summed E-state index contributed by atoms with van der Waals surface area (Å²) < 4.78 is 5.80. The predicted octanol–water partition coefficient (Wildman–Crippen LogP) is 3.21. The Bertz CT molecular complexity index is 526. The second kappa shape index (κ2) is 5.11. The molecular weight excluding hydrogens is 224 g/mol. The van der Waals surface area contributed by atoms with E-state index in [2.05, 4.69) is 23.3 Å². The van der Waals surface area contributed by atoms with Gasteiger partial charge in [0.25, 0.3) is 0 Å². The molecule has 0 radical (unpaired) electrons. The van der Waals surface area contributed by atoms with Crippen LogP contribution in [0.3, 0.4) is 0 Å². The lowest BCUT2D eigenvalue weighted by atomic mass is 10.0. The summed E-state index contributed by atoms with van der Waals surface area (Å²) in [7, 11) is 0. The van der Waals surface area contributed by atoms with Gasteiger partial charge in [-0.05, 0) is 44.4 Å². The van der Waals surface area contributed by atoms with Crippen molar-refractivity contribution < 1.29 is 4.42 Å². The normalized spacial score (nSPS) is 20.4. The number of hydrogen-bond donors (Lipinski definition) is 1. The van der Waals surface area contributed by atoms with E-state index >= 15 is 0 Å². The molecule has 1 saturated heterocycles. The first-order valence-corrected chi connectivity index (χ1v) is 6.91. The van der Waals surface area contributed by atoms with Gasteiger partial charge in [-0.25, -0.2) is 4.98 Å². The van der Waals surface area contributed by atoms with E-state index in [1.54, 1.807) is 0 Å². The quantitative estimate of drug-likeness (QED) is 0.901. The molecule has 1 N–H and O–H groups in total. The number of fused-ring (bicyclic) bond motifs is 1. The molecule has 0 saturated carbocycles. The minimum absolute atomic E-state index is 0.648. The van der Waals surface area contributed by atoms with Crippen LogP contribution in [0.25, 0.3) is 11.1 Å². The largest absolute Gasteiger partial charge is 0.441 e. The van der Waals surface area contributed by atoms with Crippen LogP contribution in [-0.4, -0.2) is 17.6 Å². The molecule has 0 spiro atoms. The number of nitrogens with one attached hydrogen (secondary N) is 1. The Kier molecular flexibility index (Phi) is 3.33. The van der Waals surface area contributed by atoms with Crippen molar-refractivity contribution in [3.63, 3.8) is 0 Å². The van der Waals surface area contributed by atoms with Gasteiger partial charge >= 0.3 is 0 Å². The van der Waals surface area contributed by atoms with E-state index in [9.17, 15) is 0 Å². The molecule has 2 heterocycles. The Balaban J connectivity index is 1.69. The molecule has 2 aromatic rings. The highest BCUT2D eigenvalue weighted by Gasteiger charge is 2.14. The maximum atomic E-state index is 5.80. The monoisotopic (exact) mass is 244 g/mol. The minimum atomic E-state index is 0.648. The van der Waals surface area contributed by atoms with Gasteiger partial charge in [-0.3, -0.25) is 0 Å². The van der Waals surface area contributed by atoms with E-state index in [1.165, 1.54) is 24.8 Å². The summed E-state index contributed by atoms with van der Waals surface area (Å²) in [5, 5.41) is 3.57. The fourth-order valence-corrected chi connectivity index (χ4v) is 2.71. The summed E-state index contributed by atoms with van der Waals surface area (Å²) in [5.74, 6) is 0.881. The van der Waals surface area contributed by atoms with Gasteiger partial charge in [0.2, 0.25) is 0 Å². The Morgan fingerprint density at radius 2 is 2.33 bits per heavy atom. The third-order valence-corrected chi connectivity index (χ3v) is 3.78. The van der Waals surface area contributed by atoms with Gasteiger partial charge in [-0.15, -0.1) is 0 Å². The van der Waals surface area contributed by atoms with E-state index in [1.807, 2.05) is 12.1 Å². The highest BCUT2D eigenvalue weighted by Crippen LogP contribution is 2.20. The van der Waals surface area contributed by atoms with Gasteiger partial charge in [0.15, 0.2) is 11.5 Å². The average molecular weight is 244 g/mol. The summed E-state index contributed by atoms with van der Waals surface area (Å²) in [5.41, 5.74) is 3.13. The van der Waals surface area contributed by atoms with Gasteiger partial charge in [0, 0.05) is 12.5 Å². The van der Waals surface area contributed by atoms with Crippen LogP contribution < -0.4 is 5.32 Å². The smallest absolute Gasteiger partial charge is 0.195 e. The lowest BCUT2D eigenvalue weighted by Gasteiger charge is -2.22. The van der Waals surface area contributed by atoms with Crippen LogP contribution in [0.15, 0.2) is 22.6 Å². The molecule has 96 valence electrons. The number of nitrogens with zero attached hydrogens (tertiary/aromatic N) is 1. The maximum absolute atomic E-state index is 5.80. The van der Waals surface area contributed by atoms with Crippen LogP contribution >= 0.6 is 0 Å². The average Bonchev–Trinajstić information content (AvgIpc) is 2.82. The maximum Gasteiger partial charge on any atom is 0.195 e.